The topological polar surface area (TPSA) is 26.0 Å². The van der Waals surface area contributed by atoms with Gasteiger partial charge >= 0.3 is 0 Å². The molecule has 2 aromatic carbocycles. The van der Waals surface area contributed by atoms with Gasteiger partial charge in [-0.05, 0) is 54.3 Å². The lowest BCUT2D eigenvalue weighted by Crippen LogP contribution is -2.15. The van der Waals surface area contributed by atoms with E-state index < -0.39 is 0 Å². The zero-order valence-corrected chi connectivity index (χ0v) is 12.8. The molecule has 2 aromatic rings. The first kappa shape index (κ1) is 14.5. The highest BCUT2D eigenvalue weighted by Gasteiger charge is 2.13. The molecule has 1 unspecified atom stereocenters. The Morgan fingerprint density at radius 1 is 1.26 bits per heavy atom. The summed E-state index contributed by atoms with van der Waals surface area (Å²) in [5.41, 5.74) is 8.88. The van der Waals surface area contributed by atoms with Gasteiger partial charge in [0, 0.05) is 15.5 Å². The Morgan fingerprint density at radius 2 is 2.00 bits per heavy atom. The number of benzene rings is 2. The summed E-state index contributed by atoms with van der Waals surface area (Å²) in [7, 11) is 0. The van der Waals surface area contributed by atoms with Crippen LogP contribution in [0, 0.1) is 12.7 Å². The first-order valence-corrected chi connectivity index (χ1v) is 7.10. The van der Waals surface area contributed by atoms with Crippen LogP contribution >= 0.6 is 27.5 Å². The molecule has 0 aliphatic carbocycles. The molecule has 1 nitrogen and oxygen atoms in total. The number of hydrogen-bond donors (Lipinski definition) is 1. The van der Waals surface area contributed by atoms with E-state index in [9.17, 15) is 4.39 Å². The molecule has 0 bridgehead atoms. The van der Waals surface area contributed by atoms with Crippen LogP contribution in [0.1, 0.15) is 22.7 Å². The van der Waals surface area contributed by atoms with Crippen molar-refractivity contribution in [3.63, 3.8) is 0 Å². The van der Waals surface area contributed by atoms with Gasteiger partial charge in [0.25, 0.3) is 0 Å². The second-order valence-electron chi connectivity index (χ2n) is 4.55. The van der Waals surface area contributed by atoms with Crippen LogP contribution < -0.4 is 5.73 Å². The molecule has 2 N–H and O–H groups in total. The van der Waals surface area contributed by atoms with Crippen LogP contribution in [0.3, 0.4) is 0 Å². The van der Waals surface area contributed by atoms with E-state index >= 15 is 0 Å². The lowest BCUT2D eigenvalue weighted by atomic mass is 9.96. The highest BCUT2D eigenvalue weighted by Crippen LogP contribution is 2.25. The van der Waals surface area contributed by atoms with Crippen molar-refractivity contribution in [2.45, 2.75) is 19.4 Å². The number of aryl methyl sites for hydroxylation is 1. The predicted octanol–water partition coefficient (Wildman–Crippen LogP) is 4.79. The van der Waals surface area contributed by atoms with Gasteiger partial charge in [-0.2, -0.15) is 0 Å². The van der Waals surface area contributed by atoms with Crippen LogP contribution in [0.25, 0.3) is 0 Å². The maximum absolute atomic E-state index is 13.8. The first-order valence-electron chi connectivity index (χ1n) is 5.93. The third-order valence-corrected chi connectivity index (χ3v) is 3.82. The van der Waals surface area contributed by atoms with Gasteiger partial charge in [0.2, 0.25) is 0 Å². The van der Waals surface area contributed by atoms with Crippen molar-refractivity contribution < 1.29 is 4.39 Å². The Balaban J connectivity index is 2.25. The fourth-order valence-corrected chi connectivity index (χ4v) is 2.58. The fraction of sp³-hybridized carbons (Fsp3) is 0.200. The monoisotopic (exact) mass is 341 g/mol. The van der Waals surface area contributed by atoms with Crippen LogP contribution in [0.15, 0.2) is 40.9 Å². The highest BCUT2D eigenvalue weighted by atomic mass is 79.9. The van der Waals surface area contributed by atoms with E-state index in [0.717, 1.165) is 15.6 Å². The standard InChI is InChI=1S/C15H14BrClFN/c1-9-2-4-11(16)7-13(9)15(19)6-10-3-5-12(17)8-14(10)18/h2-5,7-8,15H,6,19H2,1H3. The van der Waals surface area contributed by atoms with Crippen molar-refractivity contribution in [2.24, 2.45) is 5.73 Å². The molecule has 0 radical (unpaired) electrons. The Bertz CT molecular complexity index is 601. The molecule has 2 rings (SSSR count). The van der Waals surface area contributed by atoms with E-state index in [1.165, 1.54) is 6.07 Å². The Hall–Kier alpha value is -0.900. The molecule has 19 heavy (non-hydrogen) atoms. The van der Waals surface area contributed by atoms with E-state index in [0.29, 0.717) is 17.0 Å². The zero-order chi connectivity index (χ0) is 14.0. The number of halogens is 3. The molecule has 0 saturated heterocycles. The number of hydrogen-bond acceptors (Lipinski definition) is 1. The molecule has 0 aliphatic rings. The molecular weight excluding hydrogens is 329 g/mol. The van der Waals surface area contributed by atoms with E-state index in [2.05, 4.69) is 15.9 Å². The van der Waals surface area contributed by atoms with Crippen LogP contribution in [-0.4, -0.2) is 0 Å². The van der Waals surface area contributed by atoms with E-state index in [4.69, 9.17) is 17.3 Å². The maximum atomic E-state index is 13.8. The summed E-state index contributed by atoms with van der Waals surface area (Å²) in [5, 5.41) is 0.397. The summed E-state index contributed by atoms with van der Waals surface area (Å²) in [6, 6.07) is 10.4. The smallest absolute Gasteiger partial charge is 0.127 e. The SMILES string of the molecule is Cc1ccc(Br)cc1C(N)Cc1ccc(Cl)cc1F. The van der Waals surface area contributed by atoms with Crippen molar-refractivity contribution in [2.75, 3.05) is 0 Å². The van der Waals surface area contributed by atoms with E-state index in [-0.39, 0.29) is 11.9 Å². The summed E-state index contributed by atoms with van der Waals surface area (Å²) in [6.45, 7) is 2.00. The third-order valence-electron chi connectivity index (χ3n) is 3.10. The molecule has 0 aromatic heterocycles. The largest absolute Gasteiger partial charge is 0.324 e. The summed E-state index contributed by atoms with van der Waals surface area (Å²) in [6.07, 6.45) is 0.445. The minimum Gasteiger partial charge on any atom is -0.324 e. The molecule has 0 heterocycles. The minimum atomic E-state index is -0.310. The summed E-state index contributed by atoms with van der Waals surface area (Å²) in [4.78, 5) is 0. The second kappa shape index (κ2) is 6.04. The third kappa shape index (κ3) is 3.56. The molecule has 0 fully saturated rings. The number of nitrogens with two attached hydrogens (primary N) is 1. The minimum absolute atomic E-state index is 0.242. The second-order valence-corrected chi connectivity index (χ2v) is 5.90. The molecular formula is C15H14BrClFN. The molecule has 0 spiro atoms. The van der Waals surface area contributed by atoms with Gasteiger partial charge in [0.05, 0.1) is 0 Å². The zero-order valence-electron chi connectivity index (χ0n) is 10.5. The molecule has 0 saturated carbocycles. The summed E-state index contributed by atoms with van der Waals surface area (Å²) in [5.74, 6) is -0.310. The van der Waals surface area contributed by atoms with Crippen molar-refractivity contribution in [1.82, 2.24) is 0 Å². The lowest BCUT2D eigenvalue weighted by molar-refractivity contribution is 0.593. The van der Waals surface area contributed by atoms with Crippen LogP contribution in [-0.2, 0) is 6.42 Å². The summed E-state index contributed by atoms with van der Waals surface area (Å²) < 4.78 is 14.7. The molecule has 0 aliphatic heterocycles. The average Bonchev–Trinajstić information content (AvgIpc) is 2.35. The predicted molar refractivity (Wildman–Crippen MR) is 80.9 cm³/mol. The maximum Gasteiger partial charge on any atom is 0.127 e. The molecule has 1 atom stereocenters. The Morgan fingerprint density at radius 3 is 2.68 bits per heavy atom. The Kier molecular flexibility index (Phi) is 4.61. The highest BCUT2D eigenvalue weighted by molar-refractivity contribution is 9.10. The van der Waals surface area contributed by atoms with Gasteiger partial charge in [-0.15, -0.1) is 0 Å². The quantitative estimate of drug-likeness (QED) is 0.852. The van der Waals surface area contributed by atoms with Crippen molar-refractivity contribution >= 4 is 27.5 Å². The normalized spacial score (nSPS) is 12.5. The van der Waals surface area contributed by atoms with Gasteiger partial charge < -0.3 is 5.73 Å². The van der Waals surface area contributed by atoms with Crippen molar-refractivity contribution in [1.29, 1.82) is 0 Å². The van der Waals surface area contributed by atoms with E-state index in [1.807, 2.05) is 25.1 Å². The first-order chi connectivity index (χ1) is 8.97. The van der Waals surface area contributed by atoms with Gasteiger partial charge in [-0.25, -0.2) is 4.39 Å². The fourth-order valence-electron chi connectivity index (χ4n) is 2.04. The van der Waals surface area contributed by atoms with Crippen LogP contribution in [0.4, 0.5) is 4.39 Å². The Labute approximate surface area is 125 Å². The van der Waals surface area contributed by atoms with Gasteiger partial charge in [-0.3, -0.25) is 0 Å². The molecule has 0 amide bonds. The van der Waals surface area contributed by atoms with E-state index in [1.54, 1.807) is 12.1 Å². The van der Waals surface area contributed by atoms with Gasteiger partial charge in [0.15, 0.2) is 0 Å². The summed E-state index contributed by atoms with van der Waals surface area (Å²) >= 11 is 9.17. The van der Waals surface area contributed by atoms with Gasteiger partial charge in [0.1, 0.15) is 5.82 Å². The van der Waals surface area contributed by atoms with Crippen molar-refractivity contribution in [3.05, 3.63) is 68.4 Å². The molecule has 4 heteroatoms. The van der Waals surface area contributed by atoms with Crippen molar-refractivity contribution in [3.8, 4) is 0 Å². The van der Waals surface area contributed by atoms with Crippen LogP contribution in [0.2, 0.25) is 5.02 Å². The number of rotatable bonds is 3. The molecule has 100 valence electrons. The van der Waals surface area contributed by atoms with Gasteiger partial charge in [-0.1, -0.05) is 39.7 Å². The average molecular weight is 343 g/mol. The van der Waals surface area contributed by atoms with Crippen LogP contribution in [0.5, 0.6) is 0 Å². The lowest BCUT2D eigenvalue weighted by Gasteiger charge is -2.16.